The SMILES string of the molecule is Cc1c(NC(=O)CCN2C(=O)[C@@H]3CC=CC[C@H]3C2=O)c(=O)n(-c2ccccc2)n1C. The van der Waals surface area contributed by atoms with E-state index < -0.39 is 5.91 Å². The van der Waals surface area contributed by atoms with Gasteiger partial charge in [0.05, 0.1) is 23.2 Å². The van der Waals surface area contributed by atoms with Gasteiger partial charge in [0.2, 0.25) is 17.7 Å². The van der Waals surface area contributed by atoms with Crippen molar-refractivity contribution in [2.75, 3.05) is 11.9 Å². The molecule has 156 valence electrons. The molecule has 3 amide bonds. The summed E-state index contributed by atoms with van der Waals surface area (Å²) in [6.07, 6.45) is 4.95. The van der Waals surface area contributed by atoms with E-state index in [1.165, 1.54) is 9.58 Å². The van der Waals surface area contributed by atoms with E-state index in [-0.39, 0.29) is 47.9 Å². The standard InChI is InChI=1S/C22H24N4O4/c1-14-19(22(30)26(24(14)2)15-8-4-3-5-9-15)23-18(27)12-13-25-20(28)16-10-6-7-11-17(16)21(25)29/h3-9,16-17H,10-13H2,1-2H3,(H,23,27)/t16-,17-/m1/s1. The molecule has 1 aromatic carbocycles. The van der Waals surface area contributed by atoms with Crippen LogP contribution in [0.1, 0.15) is 25.0 Å². The lowest BCUT2D eigenvalue weighted by atomic mass is 9.85. The molecule has 1 fully saturated rings. The van der Waals surface area contributed by atoms with Crippen LogP contribution in [0.5, 0.6) is 0 Å². The van der Waals surface area contributed by atoms with Crippen LogP contribution in [0.3, 0.4) is 0 Å². The summed E-state index contributed by atoms with van der Waals surface area (Å²) in [5, 5.41) is 2.67. The summed E-state index contributed by atoms with van der Waals surface area (Å²) >= 11 is 0. The van der Waals surface area contributed by atoms with E-state index in [0.29, 0.717) is 24.2 Å². The van der Waals surface area contributed by atoms with Crippen molar-refractivity contribution in [3.8, 4) is 5.69 Å². The zero-order valence-electron chi connectivity index (χ0n) is 17.0. The molecule has 0 unspecified atom stereocenters. The number of fused-ring (bicyclic) bond motifs is 1. The second-order valence-electron chi connectivity index (χ2n) is 7.72. The number of amides is 3. The molecule has 0 spiro atoms. The summed E-state index contributed by atoms with van der Waals surface area (Å²) in [6, 6.07) is 9.15. The van der Waals surface area contributed by atoms with Gasteiger partial charge in [-0.25, -0.2) is 4.68 Å². The quantitative estimate of drug-likeness (QED) is 0.603. The Labute approximate surface area is 173 Å². The molecule has 1 saturated heterocycles. The third kappa shape index (κ3) is 3.28. The molecule has 4 rings (SSSR count). The molecular weight excluding hydrogens is 384 g/mol. The van der Waals surface area contributed by atoms with Crippen LogP contribution in [0.4, 0.5) is 5.69 Å². The molecule has 2 aliphatic rings. The lowest BCUT2D eigenvalue weighted by Gasteiger charge is -2.14. The predicted octanol–water partition coefficient (Wildman–Crippen LogP) is 1.76. The van der Waals surface area contributed by atoms with E-state index in [4.69, 9.17) is 0 Å². The first-order chi connectivity index (χ1) is 14.4. The zero-order chi connectivity index (χ0) is 21.4. The number of imide groups is 1. The van der Waals surface area contributed by atoms with Crippen molar-refractivity contribution in [2.24, 2.45) is 18.9 Å². The van der Waals surface area contributed by atoms with E-state index in [1.807, 2.05) is 42.5 Å². The third-order valence-electron chi connectivity index (χ3n) is 5.98. The molecule has 0 radical (unpaired) electrons. The lowest BCUT2D eigenvalue weighted by Crippen LogP contribution is -2.34. The molecule has 8 nitrogen and oxygen atoms in total. The Bertz CT molecular complexity index is 1070. The van der Waals surface area contributed by atoms with Crippen LogP contribution < -0.4 is 10.9 Å². The number of nitrogens with zero attached hydrogens (tertiary/aromatic N) is 3. The predicted molar refractivity (Wildman–Crippen MR) is 111 cm³/mol. The van der Waals surface area contributed by atoms with Gasteiger partial charge in [0, 0.05) is 20.0 Å². The number of nitrogens with one attached hydrogen (secondary N) is 1. The molecule has 1 N–H and O–H groups in total. The minimum Gasteiger partial charge on any atom is -0.320 e. The number of benzene rings is 1. The van der Waals surface area contributed by atoms with Crippen molar-refractivity contribution < 1.29 is 14.4 Å². The van der Waals surface area contributed by atoms with Crippen molar-refractivity contribution in [2.45, 2.75) is 26.2 Å². The van der Waals surface area contributed by atoms with Gasteiger partial charge in [0.1, 0.15) is 5.69 Å². The lowest BCUT2D eigenvalue weighted by molar-refractivity contribution is -0.140. The fourth-order valence-electron chi connectivity index (χ4n) is 4.22. The molecule has 0 saturated carbocycles. The fraction of sp³-hybridized carbons (Fsp3) is 0.364. The summed E-state index contributed by atoms with van der Waals surface area (Å²) < 4.78 is 3.16. The Morgan fingerprint density at radius 1 is 1.03 bits per heavy atom. The van der Waals surface area contributed by atoms with Crippen molar-refractivity contribution in [3.05, 3.63) is 58.5 Å². The van der Waals surface area contributed by atoms with Gasteiger partial charge in [-0.15, -0.1) is 0 Å². The van der Waals surface area contributed by atoms with Crippen molar-refractivity contribution in [1.82, 2.24) is 14.3 Å². The normalized spacial score (nSPS) is 20.5. The summed E-state index contributed by atoms with van der Waals surface area (Å²) in [7, 11) is 1.75. The Balaban J connectivity index is 1.46. The maximum atomic E-state index is 12.9. The van der Waals surface area contributed by atoms with E-state index in [9.17, 15) is 19.2 Å². The maximum Gasteiger partial charge on any atom is 0.295 e. The van der Waals surface area contributed by atoms with E-state index in [1.54, 1.807) is 18.7 Å². The summed E-state index contributed by atoms with van der Waals surface area (Å²) in [5.41, 5.74) is 1.17. The van der Waals surface area contributed by atoms with Crippen molar-refractivity contribution >= 4 is 23.4 Å². The molecule has 1 aliphatic carbocycles. The summed E-state index contributed by atoms with van der Waals surface area (Å²) in [5.74, 6) is -1.43. The first-order valence-corrected chi connectivity index (χ1v) is 10.0. The number of allylic oxidation sites excluding steroid dienone is 2. The highest BCUT2D eigenvalue weighted by atomic mass is 16.2. The number of anilines is 1. The Kier molecular flexibility index (Phi) is 5.15. The van der Waals surface area contributed by atoms with Gasteiger partial charge in [-0.1, -0.05) is 30.4 Å². The Hall–Kier alpha value is -3.42. The second-order valence-corrected chi connectivity index (χ2v) is 7.72. The van der Waals surface area contributed by atoms with Gasteiger partial charge in [-0.05, 0) is 31.9 Å². The van der Waals surface area contributed by atoms with Crippen molar-refractivity contribution in [1.29, 1.82) is 0 Å². The number of carbonyl (C=O) groups excluding carboxylic acids is 3. The minimum atomic E-state index is -0.408. The number of para-hydroxylation sites is 1. The molecule has 2 aromatic rings. The molecule has 2 atom stereocenters. The fourth-order valence-corrected chi connectivity index (χ4v) is 4.22. The van der Waals surface area contributed by atoms with E-state index in [0.717, 1.165) is 0 Å². The number of likely N-dealkylation sites (tertiary alicyclic amines) is 1. The van der Waals surface area contributed by atoms with Crippen LogP contribution >= 0.6 is 0 Å². The van der Waals surface area contributed by atoms with Crippen LogP contribution in [0, 0.1) is 18.8 Å². The smallest absolute Gasteiger partial charge is 0.295 e. The molecule has 2 heterocycles. The first-order valence-electron chi connectivity index (χ1n) is 10.0. The van der Waals surface area contributed by atoms with Gasteiger partial charge in [-0.3, -0.25) is 28.8 Å². The van der Waals surface area contributed by atoms with Crippen molar-refractivity contribution in [3.63, 3.8) is 0 Å². The van der Waals surface area contributed by atoms with Gasteiger partial charge < -0.3 is 5.32 Å². The van der Waals surface area contributed by atoms with Gasteiger partial charge in [0.25, 0.3) is 5.56 Å². The largest absolute Gasteiger partial charge is 0.320 e. The molecule has 8 heteroatoms. The Morgan fingerprint density at radius 2 is 1.63 bits per heavy atom. The first kappa shape index (κ1) is 19.9. The Morgan fingerprint density at radius 3 is 2.23 bits per heavy atom. The second kappa shape index (κ2) is 7.78. The van der Waals surface area contributed by atoms with E-state index >= 15 is 0 Å². The average molecular weight is 408 g/mol. The number of aromatic nitrogens is 2. The molecule has 30 heavy (non-hydrogen) atoms. The topological polar surface area (TPSA) is 93.4 Å². The number of hydrogen-bond donors (Lipinski definition) is 1. The summed E-state index contributed by atoms with van der Waals surface area (Å²) in [6.45, 7) is 1.77. The molecule has 1 aromatic heterocycles. The zero-order valence-corrected chi connectivity index (χ0v) is 17.0. The van der Waals surface area contributed by atoms with Crippen LogP contribution in [-0.4, -0.2) is 38.5 Å². The molecule has 0 bridgehead atoms. The van der Waals surface area contributed by atoms with Crippen LogP contribution in [0.2, 0.25) is 0 Å². The molecule has 1 aliphatic heterocycles. The average Bonchev–Trinajstić information content (AvgIpc) is 3.12. The van der Waals surface area contributed by atoms with Crippen LogP contribution in [-0.2, 0) is 21.4 Å². The van der Waals surface area contributed by atoms with Gasteiger partial charge in [0.15, 0.2) is 0 Å². The highest BCUT2D eigenvalue weighted by molar-refractivity contribution is 6.05. The maximum absolute atomic E-state index is 12.9. The van der Waals surface area contributed by atoms with Gasteiger partial charge >= 0.3 is 0 Å². The van der Waals surface area contributed by atoms with Crippen LogP contribution in [0.15, 0.2) is 47.3 Å². The van der Waals surface area contributed by atoms with Crippen LogP contribution in [0.25, 0.3) is 5.69 Å². The number of hydrogen-bond acceptors (Lipinski definition) is 4. The molecular formula is C22H24N4O4. The number of rotatable bonds is 5. The highest BCUT2D eigenvalue weighted by Crippen LogP contribution is 2.35. The van der Waals surface area contributed by atoms with E-state index in [2.05, 4.69) is 5.32 Å². The summed E-state index contributed by atoms with van der Waals surface area (Å²) in [4.78, 5) is 51.6. The van der Waals surface area contributed by atoms with Gasteiger partial charge in [-0.2, -0.15) is 0 Å². The number of carbonyl (C=O) groups is 3. The monoisotopic (exact) mass is 408 g/mol. The minimum absolute atomic E-state index is 0.0231. The highest BCUT2D eigenvalue weighted by Gasteiger charge is 2.46. The third-order valence-corrected chi connectivity index (χ3v) is 5.98.